The quantitative estimate of drug-likeness (QED) is 0.767. The molecule has 3 rings (SSSR count). The fraction of sp³-hybridized carbons (Fsp3) is 0.0588. The van der Waals surface area contributed by atoms with E-state index < -0.39 is 0 Å². The smallest absolute Gasteiger partial charge is 0.300 e. The van der Waals surface area contributed by atoms with E-state index >= 15 is 0 Å². The summed E-state index contributed by atoms with van der Waals surface area (Å²) >= 11 is 6.07. The summed E-state index contributed by atoms with van der Waals surface area (Å²) in [6, 6.07) is 22.1. The lowest BCUT2D eigenvalue weighted by Crippen LogP contribution is -3.00. The van der Waals surface area contributed by atoms with E-state index in [1.165, 1.54) is 11.3 Å². The van der Waals surface area contributed by atoms with Crippen molar-refractivity contribution in [2.75, 3.05) is 0 Å². The van der Waals surface area contributed by atoms with Crippen molar-refractivity contribution < 1.29 is 9.32 Å². The molecule has 0 saturated heterocycles. The van der Waals surface area contributed by atoms with Crippen molar-refractivity contribution in [3.8, 4) is 0 Å². The topological polar surface area (TPSA) is 17.6 Å². The number of hydrogen-bond acceptors (Lipinski definition) is 1. The molecule has 0 fully saturated rings. The minimum absolute atomic E-state index is 0.759. The number of nitrogens with one attached hydrogen (secondary N) is 1. The van der Waals surface area contributed by atoms with Gasteiger partial charge in [0.05, 0.1) is 6.26 Å². The first-order chi connectivity index (χ1) is 9.83. The molecule has 2 aromatic carbocycles. The van der Waals surface area contributed by atoms with Crippen molar-refractivity contribution in [3.05, 3.63) is 83.6 Å². The van der Waals surface area contributed by atoms with Crippen LogP contribution in [0, 0.1) is 0 Å². The Bertz CT molecular complexity index is 664. The molecule has 100 valence electrons. The van der Waals surface area contributed by atoms with E-state index in [2.05, 4.69) is 18.2 Å². The van der Waals surface area contributed by atoms with Crippen LogP contribution in [-0.2, 0) is 6.54 Å². The molecule has 0 saturated carbocycles. The van der Waals surface area contributed by atoms with Gasteiger partial charge >= 0.3 is 0 Å². The number of quaternary nitrogens is 1. The maximum absolute atomic E-state index is 6.07. The summed E-state index contributed by atoms with van der Waals surface area (Å²) in [7, 11) is 0. The number of furan rings is 1. The summed E-state index contributed by atoms with van der Waals surface area (Å²) < 4.78 is 5.58. The summed E-state index contributed by atoms with van der Waals surface area (Å²) in [4.78, 5) is 1.16. The van der Waals surface area contributed by atoms with Gasteiger partial charge in [-0.05, 0) is 30.3 Å². The molecule has 0 spiro atoms. The van der Waals surface area contributed by atoms with E-state index in [1.54, 1.807) is 6.26 Å². The van der Waals surface area contributed by atoms with E-state index in [4.69, 9.17) is 16.0 Å². The van der Waals surface area contributed by atoms with Crippen LogP contribution in [0.1, 0.15) is 5.56 Å². The van der Waals surface area contributed by atoms with Crippen LogP contribution in [0.15, 0.2) is 77.4 Å². The van der Waals surface area contributed by atoms with Crippen molar-refractivity contribution in [2.24, 2.45) is 0 Å². The normalized spacial score (nSPS) is 12.2. The van der Waals surface area contributed by atoms with Gasteiger partial charge in [-0.25, -0.2) is 4.90 Å². The monoisotopic (exact) mass is 284 g/mol. The molecule has 1 heterocycles. The highest BCUT2D eigenvalue weighted by atomic mass is 35.5. The minimum Gasteiger partial charge on any atom is -0.420 e. The van der Waals surface area contributed by atoms with Crippen molar-refractivity contribution >= 4 is 23.2 Å². The van der Waals surface area contributed by atoms with Gasteiger partial charge in [-0.2, -0.15) is 0 Å². The summed E-state index contributed by atoms with van der Waals surface area (Å²) in [5.74, 6) is 0.899. The first-order valence-electron chi connectivity index (χ1n) is 6.52. The van der Waals surface area contributed by atoms with Crippen LogP contribution in [-0.4, -0.2) is 0 Å². The Morgan fingerprint density at radius 1 is 0.900 bits per heavy atom. The molecule has 2 nitrogen and oxygen atoms in total. The van der Waals surface area contributed by atoms with Crippen LogP contribution in [0.4, 0.5) is 11.6 Å². The predicted molar refractivity (Wildman–Crippen MR) is 80.6 cm³/mol. The molecule has 1 aromatic heterocycles. The molecule has 0 amide bonds. The van der Waals surface area contributed by atoms with Crippen LogP contribution in [0.3, 0.4) is 0 Å². The number of rotatable bonds is 4. The van der Waals surface area contributed by atoms with Crippen molar-refractivity contribution in [3.63, 3.8) is 0 Å². The molecule has 0 radical (unpaired) electrons. The third kappa shape index (κ3) is 2.93. The Kier molecular flexibility index (Phi) is 3.86. The lowest BCUT2D eigenvalue weighted by molar-refractivity contribution is -0.785. The van der Waals surface area contributed by atoms with Gasteiger partial charge in [-0.1, -0.05) is 41.9 Å². The third-order valence-electron chi connectivity index (χ3n) is 3.21. The van der Waals surface area contributed by atoms with Crippen LogP contribution in [0.5, 0.6) is 0 Å². The molecule has 0 bridgehead atoms. The number of hydrogen-bond donors (Lipinski definition) is 1. The second kappa shape index (κ2) is 5.95. The molecule has 3 heteroatoms. The zero-order valence-electron chi connectivity index (χ0n) is 10.9. The Hall–Kier alpha value is -2.03. The zero-order valence-corrected chi connectivity index (χ0v) is 11.7. The Labute approximate surface area is 123 Å². The van der Waals surface area contributed by atoms with Crippen molar-refractivity contribution in [1.82, 2.24) is 0 Å². The van der Waals surface area contributed by atoms with Gasteiger partial charge in [0.25, 0.3) is 5.88 Å². The van der Waals surface area contributed by atoms with E-state index in [-0.39, 0.29) is 0 Å². The maximum atomic E-state index is 6.07. The molecule has 0 aliphatic carbocycles. The van der Waals surface area contributed by atoms with Crippen LogP contribution >= 0.6 is 11.6 Å². The molecular weight excluding hydrogens is 270 g/mol. The molecule has 20 heavy (non-hydrogen) atoms. The summed E-state index contributed by atoms with van der Waals surface area (Å²) in [6.07, 6.45) is 1.70. The van der Waals surface area contributed by atoms with Gasteiger partial charge in [0.2, 0.25) is 0 Å². The molecule has 3 aromatic rings. The lowest BCUT2D eigenvalue weighted by Gasteiger charge is -2.15. The largest absolute Gasteiger partial charge is 0.420 e. The van der Waals surface area contributed by atoms with Gasteiger partial charge in [-0.15, -0.1) is 0 Å². The first kappa shape index (κ1) is 13.0. The fourth-order valence-corrected chi connectivity index (χ4v) is 2.48. The van der Waals surface area contributed by atoms with E-state index in [9.17, 15) is 0 Å². The van der Waals surface area contributed by atoms with Gasteiger partial charge in [0.1, 0.15) is 12.2 Å². The second-order valence-electron chi connectivity index (χ2n) is 4.63. The second-order valence-corrected chi connectivity index (χ2v) is 5.07. The average Bonchev–Trinajstić information content (AvgIpc) is 3.00. The molecule has 0 aliphatic rings. The maximum Gasteiger partial charge on any atom is 0.300 e. The zero-order chi connectivity index (χ0) is 13.8. The molecule has 1 unspecified atom stereocenters. The van der Waals surface area contributed by atoms with Gasteiger partial charge in [0.15, 0.2) is 0 Å². The molecule has 1 atom stereocenters. The number of para-hydroxylation sites is 1. The summed E-state index contributed by atoms with van der Waals surface area (Å²) in [5.41, 5.74) is 2.34. The molecule has 1 N–H and O–H groups in total. The highest BCUT2D eigenvalue weighted by molar-refractivity contribution is 6.30. The van der Waals surface area contributed by atoms with E-state index in [0.29, 0.717) is 0 Å². The third-order valence-corrected chi connectivity index (χ3v) is 3.45. The highest BCUT2D eigenvalue weighted by Gasteiger charge is 2.18. The van der Waals surface area contributed by atoms with Crippen molar-refractivity contribution in [1.29, 1.82) is 0 Å². The van der Waals surface area contributed by atoms with E-state index in [0.717, 1.165) is 22.4 Å². The Balaban J connectivity index is 1.95. The average molecular weight is 285 g/mol. The summed E-state index contributed by atoms with van der Waals surface area (Å²) in [5, 5.41) is 0.759. The Morgan fingerprint density at radius 2 is 1.75 bits per heavy atom. The van der Waals surface area contributed by atoms with E-state index in [1.807, 2.05) is 48.5 Å². The first-order valence-corrected chi connectivity index (χ1v) is 6.90. The van der Waals surface area contributed by atoms with Gasteiger partial charge in [0, 0.05) is 16.7 Å². The minimum atomic E-state index is 0.759. The van der Waals surface area contributed by atoms with Crippen LogP contribution in [0.2, 0.25) is 5.02 Å². The standard InChI is InChI=1S/C17H14ClNO/c18-15-7-4-6-14(12-15)13-19(17-10-5-11-20-17)16-8-2-1-3-9-16/h1-12H,13H2/p+1. The molecular formula is C17H15ClNO+. The van der Waals surface area contributed by atoms with Crippen LogP contribution in [0.25, 0.3) is 0 Å². The predicted octanol–water partition coefficient (Wildman–Crippen LogP) is 3.98. The van der Waals surface area contributed by atoms with Gasteiger partial charge < -0.3 is 4.42 Å². The SMILES string of the molecule is Clc1cccc(C[NH+](c2ccccc2)c2ccco2)c1. The Morgan fingerprint density at radius 3 is 2.45 bits per heavy atom. The summed E-state index contributed by atoms with van der Waals surface area (Å²) in [6.45, 7) is 0.790. The fourth-order valence-electron chi connectivity index (χ4n) is 2.27. The number of benzene rings is 2. The number of halogens is 1. The lowest BCUT2D eigenvalue weighted by atomic mass is 10.2. The molecule has 0 aliphatic heterocycles. The highest BCUT2D eigenvalue weighted by Crippen LogP contribution is 2.13. The van der Waals surface area contributed by atoms with Crippen molar-refractivity contribution in [2.45, 2.75) is 6.54 Å². The van der Waals surface area contributed by atoms with Gasteiger partial charge in [-0.3, -0.25) is 0 Å². The van der Waals surface area contributed by atoms with Crippen LogP contribution < -0.4 is 4.90 Å².